The van der Waals surface area contributed by atoms with E-state index in [1.165, 1.54) is 22.5 Å². The van der Waals surface area contributed by atoms with E-state index < -0.39 is 16.0 Å². The third-order valence-electron chi connectivity index (χ3n) is 4.00. The molecule has 0 radical (unpaired) electrons. The fraction of sp³-hybridized carbons (Fsp3) is 0.250. The number of hydrogen-bond donors (Lipinski definition) is 0. The fourth-order valence-corrected chi connectivity index (χ4v) is 4.24. The number of carbonyl (C=O) groups is 1. The minimum atomic E-state index is -3.50. The molecule has 0 aliphatic rings. The number of carbonyl (C=O) groups excluding carboxylic acids is 1. The molecule has 0 aliphatic heterocycles. The van der Waals surface area contributed by atoms with Crippen molar-refractivity contribution >= 4 is 45.3 Å². The standard InChI is InChI=1S/C20H21Cl2NO4S/c1-3-23(4-2)28(25,26)17-9-5-15(6-10-17)8-12-20(24)27-14-16-7-11-18(21)19(22)13-16/h5-13H,3-4,14H2,1-2H3. The average Bonchev–Trinajstić information content (AvgIpc) is 2.68. The molecule has 0 bridgehead atoms. The predicted octanol–water partition coefficient (Wildman–Crippen LogP) is 4.78. The maximum absolute atomic E-state index is 12.5. The van der Waals surface area contributed by atoms with Crippen molar-refractivity contribution < 1.29 is 17.9 Å². The van der Waals surface area contributed by atoms with Crippen LogP contribution in [0.4, 0.5) is 0 Å². The number of nitrogens with zero attached hydrogens (tertiary/aromatic N) is 1. The van der Waals surface area contributed by atoms with Crippen LogP contribution in [-0.2, 0) is 26.2 Å². The third-order valence-corrected chi connectivity index (χ3v) is 6.80. The van der Waals surface area contributed by atoms with Gasteiger partial charge in [0.25, 0.3) is 0 Å². The largest absolute Gasteiger partial charge is 0.458 e. The van der Waals surface area contributed by atoms with E-state index in [4.69, 9.17) is 27.9 Å². The number of hydrogen-bond acceptors (Lipinski definition) is 4. The molecule has 0 aliphatic carbocycles. The fourth-order valence-electron chi connectivity index (χ4n) is 2.46. The van der Waals surface area contributed by atoms with E-state index >= 15 is 0 Å². The number of halogens is 2. The molecule has 0 saturated heterocycles. The van der Waals surface area contributed by atoms with E-state index in [1.54, 1.807) is 50.3 Å². The summed E-state index contributed by atoms with van der Waals surface area (Å²) < 4.78 is 31.4. The van der Waals surface area contributed by atoms with Crippen molar-refractivity contribution in [1.82, 2.24) is 4.31 Å². The van der Waals surface area contributed by atoms with Crippen molar-refractivity contribution in [3.8, 4) is 0 Å². The van der Waals surface area contributed by atoms with Gasteiger partial charge < -0.3 is 4.74 Å². The molecule has 0 heterocycles. The third kappa shape index (κ3) is 5.82. The van der Waals surface area contributed by atoms with Crippen LogP contribution < -0.4 is 0 Å². The zero-order valence-electron chi connectivity index (χ0n) is 15.6. The molecule has 0 N–H and O–H groups in total. The lowest BCUT2D eigenvalue weighted by atomic mass is 10.2. The topological polar surface area (TPSA) is 63.7 Å². The van der Waals surface area contributed by atoms with Crippen LogP contribution in [0.2, 0.25) is 10.0 Å². The second-order valence-electron chi connectivity index (χ2n) is 5.85. The Kier molecular flexibility index (Phi) is 8.07. The van der Waals surface area contributed by atoms with E-state index in [0.29, 0.717) is 28.7 Å². The van der Waals surface area contributed by atoms with Gasteiger partial charge in [-0.05, 0) is 41.5 Å². The van der Waals surface area contributed by atoms with Crippen molar-refractivity contribution in [2.45, 2.75) is 25.3 Å². The van der Waals surface area contributed by atoms with E-state index in [2.05, 4.69) is 0 Å². The van der Waals surface area contributed by atoms with Crippen molar-refractivity contribution in [2.75, 3.05) is 13.1 Å². The first-order valence-electron chi connectivity index (χ1n) is 8.67. The summed E-state index contributed by atoms with van der Waals surface area (Å²) in [5.41, 5.74) is 1.41. The molecule has 0 fully saturated rings. The Morgan fingerprint density at radius 2 is 1.68 bits per heavy atom. The maximum Gasteiger partial charge on any atom is 0.331 e. The summed E-state index contributed by atoms with van der Waals surface area (Å²) >= 11 is 11.8. The lowest BCUT2D eigenvalue weighted by Gasteiger charge is -2.18. The SMILES string of the molecule is CCN(CC)S(=O)(=O)c1ccc(C=CC(=O)OCc2ccc(Cl)c(Cl)c2)cc1. The molecule has 0 saturated carbocycles. The van der Waals surface area contributed by atoms with Gasteiger partial charge in [-0.15, -0.1) is 0 Å². The average molecular weight is 442 g/mol. The highest BCUT2D eigenvalue weighted by Gasteiger charge is 2.20. The highest BCUT2D eigenvalue weighted by atomic mass is 35.5. The van der Waals surface area contributed by atoms with Crippen LogP contribution in [0, 0.1) is 0 Å². The van der Waals surface area contributed by atoms with Crippen LogP contribution in [0.15, 0.2) is 53.4 Å². The van der Waals surface area contributed by atoms with Gasteiger partial charge in [0.05, 0.1) is 14.9 Å². The summed E-state index contributed by atoms with van der Waals surface area (Å²) in [6, 6.07) is 11.3. The highest BCUT2D eigenvalue weighted by molar-refractivity contribution is 7.89. The normalized spacial score (nSPS) is 11.9. The molecule has 150 valence electrons. The quantitative estimate of drug-likeness (QED) is 0.436. The van der Waals surface area contributed by atoms with Crippen molar-refractivity contribution in [2.24, 2.45) is 0 Å². The molecule has 0 amide bonds. The summed E-state index contributed by atoms with van der Waals surface area (Å²) in [6.07, 6.45) is 2.84. The van der Waals surface area contributed by atoms with Gasteiger partial charge in [-0.25, -0.2) is 13.2 Å². The molecule has 0 unspecified atom stereocenters. The lowest BCUT2D eigenvalue weighted by molar-refractivity contribution is -0.138. The summed E-state index contributed by atoms with van der Waals surface area (Å²) in [5, 5.41) is 0.827. The van der Waals surface area contributed by atoms with Gasteiger partial charge in [-0.2, -0.15) is 4.31 Å². The molecule has 0 spiro atoms. The Bertz CT molecular complexity index is 953. The number of benzene rings is 2. The molecular formula is C20H21Cl2NO4S. The zero-order chi connectivity index (χ0) is 20.7. The summed E-state index contributed by atoms with van der Waals surface area (Å²) in [4.78, 5) is 12.1. The van der Waals surface area contributed by atoms with Crippen LogP contribution in [0.3, 0.4) is 0 Å². The van der Waals surface area contributed by atoms with Gasteiger partial charge in [0.15, 0.2) is 0 Å². The molecular weight excluding hydrogens is 421 g/mol. The first-order chi connectivity index (χ1) is 13.3. The van der Waals surface area contributed by atoms with Crippen LogP contribution in [0.25, 0.3) is 6.08 Å². The minimum Gasteiger partial charge on any atom is -0.458 e. The Morgan fingerprint density at radius 3 is 2.25 bits per heavy atom. The smallest absolute Gasteiger partial charge is 0.331 e. The van der Waals surface area contributed by atoms with E-state index in [1.807, 2.05) is 0 Å². The zero-order valence-corrected chi connectivity index (χ0v) is 17.9. The van der Waals surface area contributed by atoms with E-state index in [-0.39, 0.29) is 11.5 Å². The van der Waals surface area contributed by atoms with Crippen LogP contribution >= 0.6 is 23.2 Å². The predicted molar refractivity (Wildman–Crippen MR) is 112 cm³/mol. The molecule has 0 atom stereocenters. The van der Waals surface area contributed by atoms with Gasteiger partial charge >= 0.3 is 5.97 Å². The number of ether oxygens (including phenoxy) is 1. The summed E-state index contributed by atoms with van der Waals surface area (Å²) in [5.74, 6) is -0.522. The molecule has 2 rings (SSSR count). The van der Waals surface area contributed by atoms with Crippen molar-refractivity contribution in [3.63, 3.8) is 0 Å². The van der Waals surface area contributed by atoms with Crippen molar-refractivity contribution in [3.05, 3.63) is 69.7 Å². The summed E-state index contributed by atoms with van der Waals surface area (Å²) in [7, 11) is -3.50. The van der Waals surface area contributed by atoms with Gasteiger partial charge in [0.1, 0.15) is 6.61 Å². The lowest BCUT2D eigenvalue weighted by Crippen LogP contribution is -2.30. The Labute approximate surface area is 175 Å². The maximum atomic E-state index is 12.5. The number of esters is 1. The molecule has 2 aromatic carbocycles. The first kappa shape index (κ1) is 22.4. The second kappa shape index (κ2) is 10.1. The van der Waals surface area contributed by atoms with Crippen molar-refractivity contribution in [1.29, 1.82) is 0 Å². The van der Waals surface area contributed by atoms with Gasteiger partial charge in [0.2, 0.25) is 10.0 Å². The molecule has 8 heteroatoms. The van der Waals surface area contributed by atoms with Crippen LogP contribution in [0.5, 0.6) is 0 Å². The monoisotopic (exact) mass is 441 g/mol. The first-order valence-corrected chi connectivity index (χ1v) is 10.9. The van der Waals surface area contributed by atoms with Crippen LogP contribution in [-0.4, -0.2) is 31.8 Å². The Balaban J connectivity index is 1.98. The summed E-state index contributed by atoms with van der Waals surface area (Å²) in [6.45, 7) is 4.47. The Hall–Kier alpha value is -1.86. The number of rotatable bonds is 8. The van der Waals surface area contributed by atoms with Gasteiger partial charge in [-0.1, -0.05) is 55.2 Å². The molecule has 0 aromatic heterocycles. The van der Waals surface area contributed by atoms with Gasteiger partial charge in [-0.3, -0.25) is 0 Å². The van der Waals surface area contributed by atoms with Crippen LogP contribution in [0.1, 0.15) is 25.0 Å². The molecule has 5 nitrogen and oxygen atoms in total. The highest BCUT2D eigenvalue weighted by Crippen LogP contribution is 2.23. The molecule has 28 heavy (non-hydrogen) atoms. The van der Waals surface area contributed by atoms with Gasteiger partial charge in [0, 0.05) is 19.2 Å². The second-order valence-corrected chi connectivity index (χ2v) is 8.60. The van der Waals surface area contributed by atoms with E-state index in [0.717, 1.165) is 5.56 Å². The Morgan fingerprint density at radius 1 is 1.04 bits per heavy atom. The van der Waals surface area contributed by atoms with E-state index in [9.17, 15) is 13.2 Å². The number of sulfonamides is 1. The minimum absolute atomic E-state index is 0.0705. The molecule has 2 aromatic rings.